The second kappa shape index (κ2) is 6.19. The molecule has 4 nitrogen and oxygen atoms in total. The number of Topliss-reactive ketones (excluding diaryl/α,β-unsaturated/α-hetero) is 1. The quantitative estimate of drug-likeness (QED) is 0.846. The van der Waals surface area contributed by atoms with E-state index in [-0.39, 0.29) is 11.3 Å². The molecule has 3 rings (SSSR count). The number of ketones is 1. The monoisotopic (exact) mass is 333 g/mol. The number of hydrogen-bond acceptors (Lipinski definition) is 4. The molecule has 0 spiro atoms. The van der Waals surface area contributed by atoms with Crippen LogP contribution < -0.4 is 5.32 Å². The van der Waals surface area contributed by atoms with Crippen molar-refractivity contribution in [1.82, 2.24) is 5.32 Å². The molecular formula is C18H17F2NO3. The molecule has 2 aliphatic rings. The number of nitrogens with one attached hydrogen (secondary N) is 1. The van der Waals surface area contributed by atoms with Gasteiger partial charge in [-0.1, -0.05) is 6.58 Å². The van der Waals surface area contributed by atoms with Gasteiger partial charge in [-0.15, -0.1) is 0 Å². The zero-order valence-corrected chi connectivity index (χ0v) is 13.2. The minimum Gasteiger partial charge on any atom is -0.468 e. The van der Waals surface area contributed by atoms with Gasteiger partial charge in [-0.05, 0) is 36.6 Å². The van der Waals surface area contributed by atoms with Crippen LogP contribution in [0.3, 0.4) is 0 Å². The molecule has 1 aliphatic carbocycles. The van der Waals surface area contributed by atoms with Crippen molar-refractivity contribution in [2.45, 2.75) is 25.2 Å². The number of hydrogen-bond donors (Lipinski definition) is 1. The molecule has 6 heteroatoms. The Bertz CT molecular complexity index is 770. The average Bonchev–Trinajstić information content (AvgIpc) is 2.55. The summed E-state index contributed by atoms with van der Waals surface area (Å²) in [5, 5.41) is 3.00. The van der Waals surface area contributed by atoms with Crippen LogP contribution in [0.15, 0.2) is 41.7 Å². The molecule has 2 atom stereocenters. The summed E-state index contributed by atoms with van der Waals surface area (Å²) in [5.41, 5.74) is 1.25. The van der Waals surface area contributed by atoms with Crippen LogP contribution in [0.2, 0.25) is 0 Å². The van der Waals surface area contributed by atoms with Crippen LogP contribution >= 0.6 is 0 Å². The summed E-state index contributed by atoms with van der Waals surface area (Å²) in [6, 6.07) is 3.03. The summed E-state index contributed by atoms with van der Waals surface area (Å²) in [4.78, 5) is 24.7. The molecule has 0 bridgehead atoms. The van der Waals surface area contributed by atoms with Gasteiger partial charge in [0, 0.05) is 29.3 Å². The Morgan fingerprint density at radius 3 is 2.79 bits per heavy atom. The third-order valence-electron chi connectivity index (χ3n) is 4.54. The SMILES string of the molecule is C=C1NC2=C(C(=O)CCC2)C(c2cc(F)ccc2F)C1C(=O)OC. The first kappa shape index (κ1) is 16.4. The summed E-state index contributed by atoms with van der Waals surface area (Å²) in [7, 11) is 1.21. The first-order valence-corrected chi connectivity index (χ1v) is 7.69. The molecule has 0 saturated heterocycles. The maximum Gasteiger partial charge on any atom is 0.315 e. The van der Waals surface area contributed by atoms with Gasteiger partial charge in [0.15, 0.2) is 5.78 Å². The van der Waals surface area contributed by atoms with Crippen molar-refractivity contribution in [2.75, 3.05) is 7.11 Å². The minimum absolute atomic E-state index is 0.0317. The van der Waals surface area contributed by atoms with Gasteiger partial charge in [0.05, 0.1) is 7.11 Å². The molecule has 1 N–H and O–H groups in total. The van der Waals surface area contributed by atoms with Crippen LogP contribution in [0, 0.1) is 17.6 Å². The molecule has 126 valence electrons. The van der Waals surface area contributed by atoms with Crippen LogP contribution in [0.5, 0.6) is 0 Å². The van der Waals surface area contributed by atoms with Crippen molar-refractivity contribution in [1.29, 1.82) is 0 Å². The van der Waals surface area contributed by atoms with Crippen molar-refractivity contribution in [3.63, 3.8) is 0 Å². The number of esters is 1. The summed E-state index contributed by atoms with van der Waals surface area (Å²) in [5.74, 6) is -4.05. The lowest BCUT2D eigenvalue weighted by atomic mass is 9.71. The highest BCUT2D eigenvalue weighted by atomic mass is 19.1. The Balaban J connectivity index is 2.24. The van der Waals surface area contributed by atoms with Crippen molar-refractivity contribution in [3.8, 4) is 0 Å². The van der Waals surface area contributed by atoms with E-state index in [1.54, 1.807) is 0 Å². The second-order valence-electron chi connectivity index (χ2n) is 5.96. The van der Waals surface area contributed by atoms with Gasteiger partial charge >= 0.3 is 5.97 Å². The summed E-state index contributed by atoms with van der Waals surface area (Å²) >= 11 is 0. The Morgan fingerprint density at radius 1 is 1.33 bits per heavy atom. The lowest BCUT2D eigenvalue weighted by Gasteiger charge is -2.38. The van der Waals surface area contributed by atoms with Gasteiger partial charge in [-0.2, -0.15) is 0 Å². The summed E-state index contributed by atoms with van der Waals surface area (Å²) < 4.78 is 32.9. The lowest BCUT2D eigenvalue weighted by Crippen LogP contribution is -2.41. The van der Waals surface area contributed by atoms with Gasteiger partial charge in [-0.3, -0.25) is 9.59 Å². The number of rotatable bonds is 2. The van der Waals surface area contributed by atoms with E-state index in [2.05, 4.69) is 11.9 Å². The maximum atomic E-state index is 14.4. The predicted molar refractivity (Wildman–Crippen MR) is 82.8 cm³/mol. The van der Waals surface area contributed by atoms with E-state index < -0.39 is 29.4 Å². The Hall–Kier alpha value is -2.50. The Labute approximate surface area is 138 Å². The number of ether oxygens (including phenoxy) is 1. The molecule has 0 fully saturated rings. The van der Waals surface area contributed by atoms with Crippen molar-refractivity contribution in [2.24, 2.45) is 5.92 Å². The highest BCUT2D eigenvalue weighted by Crippen LogP contribution is 2.45. The molecule has 0 radical (unpaired) electrons. The highest BCUT2D eigenvalue weighted by Gasteiger charge is 2.44. The number of methoxy groups -OCH3 is 1. The van der Waals surface area contributed by atoms with Gasteiger partial charge in [0.1, 0.15) is 17.6 Å². The molecule has 1 aromatic carbocycles. The Morgan fingerprint density at radius 2 is 2.08 bits per heavy atom. The van der Waals surface area contributed by atoms with Gasteiger partial charge in [0.25, 0.3) is 0 Å². The van der Waals surface area contributed by atoms with Crippen LogP contribution in [0.4, 0.5) is 8.78 Å². The topological polar surface area (TPSA) is 55.4 Å². The molecule has 0 aromatic heterocycles. The fourth-order valence-electron chi connectivity index (χ4n) is 3.49. The van der Waals surface area contributed by atoms with Crippen molar-refractivity contribution >= 4 is 11.8 Å². The van der Waals surface area contributed by atoms with E-state index in [0.29, 0.717) is 36.2 Å². The zero-order valence-electron chi connectivity index (χ0n) is 13.2. The van der Waals surface area contributed by atoms with Crippen LogP contribution in [0.25, 0.3) is 0 Å². The molecule has 0 saturated carbocycles. The summed E-state index contributed by atoms with van der Waals surface area (Å²) in [6.45, 7) is 3.83. The van der Waals surface area contributed by atoms with Crippen LogP contribution in [-0.2, 0) is 14.3 Å². The Kier molecular flexibility index (Phi) is 4.22. The third-order valence-corrected chi connectivity index (χ3v) is 4.54. The average molecular weight is 333 g/mol. The van der Waals surface area contributed by atoms with Gasteiger partial charge in [-0.25, -0.2) is 8.78 Å². The number of benzene rings is 1. The first-order chi connectivity index (χ1) is 11.4. The molecular weight excluding hydrogens is 316 g/mol. The molecule has 2 unspecified atom stereocenters. The smallest absolute Gasteiger partial charge is 0.315 e. The fourth-order valence-corrected chi connectivity index (χ4v) is 3.49. The molecule has 1 aromatic rings. The number of carbonyl (C=O) groups excluding carboxylic acids is 2. The first-order valence-electron chi connectivity index (χ1n) is 7.69. The predicted octanol–water partition coefficient (Wildman–Crippen LogP) is 2.96. The number of allylic oxidation sites excluding steroid dienone is 2. The number of halogens is 2. The second-order valence-corrected chi connectivity index (χ2v) is 5.96. The van der Waals surface area contributed by atoms with E-state index in [0.717, 1.165) is 18.2 Å². The largest absolute Gasteiger partial charge is 0.468 e. The van der Waals surface area contributed by atoms with E-state index in [1.165, 1.54) is 7.11 Å². The van der Waals surface area contributed by atoms with Gasteiger partial charge < -0.3 is 10.1 Å². The third kappa shape index (κ3) is 2.62. The molecule has 24 heavy (non-hydrogen) atoms. The summed E-state index contributed by atoms with van der Waals surface area (Å²) in [6.07, 6.45) is 1.58. The molecule has 1 aliphatic heterocycles. The molecule has 0 amide bonds. The normalized spacial score (nSPS) is 23.6. The lowest BCUT2D eigenvalue weighted by molar-refractivity contribution is -0.144. The van der Waals surface area contributed by atoms with E-state index in [4.69, 9.17) is 4.74 Å². The van der Waals surface area contributed by atoms with Crippen LogP contribution in [-0.4, -0.2) is 18.9 Å². The zero-order chi connectivity index (χ0) is 17.4. The fraction of sp³-hybridized carbons (Fsp3) is 0.333. The maximum absolute atomic E-state index is 14.4. The minimum atomic E-state index is -0.993. The van der Waals surface area contributed by atoms with Gasteiger partial charge in [0.2, 0.25) is 0 Å². The number of carbonyl (C=O) groups is 2. The van der Waals surface area contributed by atoms with E-state index >= 15 is 0 Å². The highest BCUT2D eigenvalue weighted by molar-refractivity contribution is 6.00. The standard InChI is InChI=1S/C18H17F2NO3/c1-9-15(18(23)24-2)16(11-8-10(19)6-7-12(11)20)17-13(21-9)4-3-5-14(17)22/h6-8,15-16,21H,1,3-5H2,2H3. The van der Waals surface area contributed by atoms with E-state index in [9.17, 15) is 18.4 Å². The van der Waals surface area contributed by atoms with E-state index in [1.807, 2.05) is 0 Å². The molecule has 1 heterocycles. The van der Waals surface area contributed by atoms with Crippen molar-refractivity contribution in [3.05, 3.63) is 58.9 Å². The van der Waals surface area contributed by atoms with Crippen LogP contribution in [0.1, 0.15) is 30.7 Å². The van der Waals surface area contributed by atoms with Crippen molar-refractivity contribution < 1.29 is 23.1 Å².